The lowest BCUT2D eigenvalue weighted by Crippen LogP contribution is -2.39. The topological polar surface area (TPSA) is 63.3 Å². The molecular weight excluding hydrogens is 228 g/mol. The fourth-order valence-electron chi connectivity index (χ4n) is 1.54. The Hall–Kier alpha value is -1.49. The van der Waals surface area contributed by atoms with Crippen LogP contribution < -0.4 is 5.73 Å². The second kappa shape index (κ2) is 5.23. The summed E-state index contributed by atoms with van der Waals surface area (Å²) in [5.74, 6) is -5.61. The normalized spacial score (nSPS) is 15.3. The lowest BCUT2D eigenvalue weighted by Gasteiger charge is -2.25. The van der Waals surface area contributed by atoms with E-state index in [1.165, 1.54) is 6.92 Å². The Bertz CT molecular complexity index is 381. The van der Waals surface area contributed by atoms with Gasteiger partial charge in [0, 0.05) is 12.3 Å². The second-order valence-corrected chi connectivity index (χ2v) is 4.04. The van der Waals surface area contributed by atoms with Crippen LogP contribution in [0.4, 0.5) is 8.78 Å². The number of carbonyl (C=O) groups is 1. The molecule has 1 rings (SSSR count). The van der Waals surface area contributed by atoms with Gasteiger partial charge in [-0.15, -0.1) is 0 Å². The average molecular weight is 243 g/mol. The highest BCUT2D eigenvalue weighted by molar-refractivity contribution is 5.73. The third-order valence-corrected chi connectivity index (χ3v) is 2.74. The molecular formula is C12H15F2NO2. The maximum Gasteiger partial charge on any atom is 0.320 e. The van der Waals surface area contributed by atoms with E-state index in [2.05, 4.69) is 0 Å². The van der Waals surface area contributed by atoms with Gasteiger partial charge in [0.05, 0.1) is 0 Å². The van der Waals surface area contributed by atoms with Crippen molar-refractivity contribution in [3.8, 4) is 0 Å². The van der Waals surface area contributed by atoms with Crippen LogP contribution in [-0.2, 0) is 4.79 Å². The van der Waals surface area contributed by atoms with Gasteiger partial charge in [-0.3, -0.25) is 4.79 Å². The van der Waals surface area contributed by atoms with E-state index < -0.39 is 30.3 Å². The number of nitrogens with two attached hydrogens (primary N) is 1. The summed E-state index contributed by atoms with van der Waals surface area (Å²) in [5.41, 5.74) is 5.61. The highest BCUT2D eigenvalue weighted by Gasteiger charge is 2.40. The Balaban J connectivity index is 2.80. The molecule has 2 unspecified atom stereocenters. The van der Waals surface area contributed by atoms with Crippen molar-refractivity contribution in [3.05, 3.63) is 35.9 Å². The van der Waals surface area contributed by atoms with Crippen molar-refractivity contribution < 1.29 is 18.7 Å². The molecule has 94 valence electrons. The van der Waals surface area contributed by atoms with Gasteiger partial charge in [0.15, 0.2) is 0 Å². The molecule has 1 aromatic carbocycles. The summed E-state index contributed by atoms with van der Waals surface area (Å²) in [7, 11) is 0. The van der Waals surface area contributed by atoms with Crippen molar-refractivity contribution >= 4 is 5.97 Å². The fourth-order valence-corrected chi connectivity index (χ4v) is 1.54. The standard InChI is InChI=1S/C12H15F2NO2/c1-8(9-5-3-2-4-6-9)12(13,14)7-10(15)11(16)17/h2-6,8,10H,7,15H2,1H3,(H,16,17). The minimum atomic E-state index is -3.14. The molecule has 0 spiro atoms. The summed E-state index contributed by atoms with van der Waals surface area (Å²) in [5, 5.41) is 8.54. The van der Waals surface area contributed by atoms with Gasteiger partial charge >= 0.3 is 5.97 Å². The third-order valence-electron chi connectivity index (χ3n) is 2.74. The maximum absolute atomic E-state index is 13.8. The SMILES string of the molecule is CC(c1ccccc1)C(F)(F)CC(N)C(=O)O. The molecule has 0 saturated carbocycles. The molecule has 0 amide bonds. The number of halogens is 2. The average Bonchev–Trinajstić information content (AvgIpc) is 2.28. The van der Waals surface area contributed by atoms with Crippen molar-refractivity contribution in [1.82, 2.24) is 0 Å². The van der Waals surface area contributed by atoms with Crippen molar-refractivity contribution in [2.45, 2.75) is 31.2 Å². The van der Waals surface area contributed by atoms with Gasteiger partial charge < -0.3 is 10.8 Å². The third kappa shape index (κ3) is 3.49. The number of carboxylic acids is 1. The van der Waals surface area contributed by atoms with Crippen molar-refractivity contribution in [2.75, 3.05) is 0 Å². The Kier molecular flexibility index (Phi) is 4.17. The second-order valence-electron chi connectivity index (χ2n) is 4.04. The molecule has 0 saturated heterocycles. The predicted molar refractivity (Wildman–Crippen MR) is 60.0 cm³/mol. The van der Waals surface area contributed by atoms with Gasteiger partial charge in [0.25, 0.3) is 5.92 Å². The summed E-state index contributed by atoms with van der Waals surface area (Å²) in [6.07, 6.45) is -0.863. The molecule has 0 aliphatic carbocycles. The largest absolute Gasteiger partial charge is 0.480 e. The minimum absolute atomic E-state index is 0.468. The smallest absolute Gasteiger partial charge is 0.320 e. The fraction of sp³-hybridized carbons (Fsp3) is 0.417. The van der Waals surface area contributed by atoms with Gasteiger partial charge in [-0.1, -0.05) is 37.3 Å². The first-order chi connectivity index (χ1) is 7.84. The molecule has 0 heterocycles. The van der Waals surface area contributed by atoms with E-state index in [-0.39, 0.29) is 0 Å². The van der Waals surface area contributed by atoms with Gasteiger partial charge in [-0.25, -0.2) is 8.78 Å². The Morgan fingerprint density at radius 1 is 1.41 bits per heavy atom. The number of rotatable bonds is 5. The lowest BCUT2D eigenvalue weighted by molar-refractivity contribution is -0.141. The first kappa shape index (κ1) is 13.6. The van der Waals surface area contributed by atoms with Crippen LogP contribution in [0.2, 0.25) is 0 Å². The lowest BCUT2D eigenvalue weighted by atomic mass is 9.90. The number of hydrogen-bond donors (Lipinski definition) is 2. The summed E-state index contributed by atoms with van der Waals surface area (Å²) in [4.78, 5) is 10.5. The van der Waals surface area contributed by atoms with Crippen LogP contribution in [0.3, 0.4) is 0 Å². The van der Waals surface area contributed by atoms with Crippen LogP contribution in [0.25, 0.3) is 0 Å². The molecule has 0 aliphatic heterocycles. The van der Waals surface area contributed by atoms with Crippen molar-refractivity contribution in [1.29, 1.82) is 0 Å². The van der Waals surface area contributed by atoms with E-state index in [1.807, 2.05) is 0 Å². The van der Waals surface area contributed by atoms with Crippen LogP contribution in [0, 0.1) is 0 Å². The van der Waals surface area contributed by atoms with E-state index in [1.54, 1.807) is 30.3 Å². The van der Waals surface area contributed by atoms with Crippen molar-refractivity contribution in [3.63, 3.8) is 0 Å². The molecule has 2 atom stereocenters. The summed E-state index contributed by atoms with van der Waals surface area (Å²) < 4.78 is 27.5. The number of alkyl halides is 2. The summed E-state index contributed by atoms with van der Waals surface area (Å²) in [6.45, 7) is 1.36. The first-order valence-corrected chi connectivity index (χ1v) is 5.25. The van der Waals surface area contributed by atoms with Crippen LogP contribution in [0.1, 0.15) is 24.8 Å². The predicted octanol–water partition coefficient (Wildman–Crippen LogP) is 2.23. The van der Waals surface area contributed by atoms with Gasteiger partial charge in [0.1, 0.15) is 6.04 Å². The van der Waals surface area contributed by atoms with Crippen LogP contribution in [0.5, 0.6) is 0 Å². The van der Waals surface area contributed by atoms with E-state index in [4.69, 9.17) is 10.8 Å². The van der Waals surface area contributed by atoms with Crippen molar-refractivity contribution in [2.24, 2.45) is 5.73 Å². The summed E-state index contributed by atoms with van der Waals surface area (Å²) in [6, 6.07) is 6.70. The zero-order valence-electron chi connectivity index (χ0n) is 9.44. The minimum Gasteiger partial charge on any atom is -0.480 e. The van der Waals surface area contributed by atoms with Crippen LogP contribution >= 0.6 is 0 Å². The molecule has 3 nitrogen and oxygen atoms in total. The molecule has 17 heavy (non-hydrogen) atoms. The summed E-state index contributed by atoms with van der Waals surface area (Å²) >= 11 is 0. The van der Waals surface area contributed by atoms with Crippen LogP contribution in [0.15, 0.2) is 30.3 Å². The maximum atomic E-state index is 13.8. The molecule has 5 heteroatoms. The number of hydrogen-bond acceptors (Lipinski definition) is 2. The molecule has 0 aromatic heterocycles. The van der Waals surface area contributed by atoms with E-state index in [0.717, 1.165) is 0 Å². The molecule has 0 radical (unpaired) electrons. The quantitative estimate of drug-likeness (QED) is 0.833. The van der Waals surface area contributed by atoms with Gasteiger partial charge in [-0.05, 0) is 5.56 Å². The van der Waals surface area contributed by atoms with E-state index in [9.17, 15) is 13.6 Å². The molecule has 0 bridgehead atoms. The number of carboxylic acid groups (broad SMARTS) is 1. The van der Waals surface area contributed by atoms with Gasteiger partial charge in [-0.2, -0.15) is 0 Å². The van der Waals surface area contributed by atoms with Crippen LogP contribution in [-0.4, -0.2) is 23.0 Å². The highest BCUT2D eigenvalue weighted by Crippen LogP contribution is 2.36. The van der Waals surface area contributed by atoms with E-state index in [0.29, 0.717) is 5.56 Å². The Labute approximate surface area is 98.2 Å². The molecule has 0 aliphatic rings. The first-order valence-electron chi connectivity index (χ1n) is 5.25. The monoisotopic (exact) mass is 243 g/mol. The Morgan fingerprint density at radius 2 is 1.94 bits per heavy atom. The zero-order valence-corrected chi connectivity index (χ0v) is 9.44. The number of aliphatic carboxylic acids is 1. The number of benzene rings is 1. The molecule has 1 aromatic rings. The van der Waals surface area contributed by atoms with Gasteiger partial charge in [0.2, 0.25) is 0 Å². The van der Waals surface area contributed by atoms with E-state index >= 15 is 0 Å². The highest BCUT2D eigenvalue weighted by atomic mass is 19.3. The zero-order chi connectivity index (χ0) is 13.1. The Morgan fingerprint density at radius 3 is 2.41 bits per heavy atom. The molecule has 3 N–H and O–H groups in total. The molecule has 0 fully saturated rings.